The van der Waals surface area contributed by atoms with Gasteiger partial charge in [-0.05, 0) is 18.2 Å². The average Bonchev–Trinajstić information content (AvgIpc) is 2.17. The van der Waals surface area contributed by atoms with E-state index in [1.807, 2.05) is 24.3 Å². The second-order valence-corrected chi connectivity index (χ2v) is 4.75. The fourth-order valence-electron chi connectivity index (χ4n) is 1.02. The maximum Gasteiger partial charge on any atom is 0.217 e. The van der Waals surface area contributed by atoms with Crippen molar-refractivity contribution in [3.05, 3.63) is 47.1 Å². The number of aromatic nitrogens is 2. The van der Waals surface area contributed by atoms with Crippen LogP contribution >= 0.6 is 27.7 Å². The van der Waals surface area contributed by atoms with Crippen LogP contribution in [0.5, 0.6) is 0 Å². The molecule has 0 aliphatic heterocycles. The van der Waals surface area contributed by atoms with Gasteiger partial charge in [0.2, 0.25) is 5.95 Å². The Morgan fingerprint density at radius 3 is 2.80 bits per heavy atom. The zero-order valence-corrected chi connectivity index (χ0v) is 9.93. The van der Waals surface area contributed by atoms with E-state index in [1.54, 1.807) is 0 Å². The van der Waals surface area contributed by atoms with Gasteiger partial charge in [0.1, 0.15) is 11.4 Å². The molecule has 0 spiro atoms. The van der Waals surface area contributed by atoms with Gasteiger partial charge in [-0.25, -0.2) is 9.97 Å². The highest BCUT2D eigenvalue weighted by Crippen LogP contribution is 2.27. The topological polar surface area (TPSA) is 25.8 Å². The lowest BCUT2D eigenvalue weighted by Crippen LogP contribution is -1.86. The Morgan fingerprint density at radius 2 is 2.07 bits per heavy atom. The van der Waals surface area contributed by atoms with Crippen molar-refractivity contribution in [1.29, 1.82) is 0 Å². The van der Waals surface area contributed by atoms with Gasteiger partial charge in [0.05, 0.1) is 0 Å². The Bertz CT molecular complexity index is 435. The van der Waals surface area contributed by atoms with E-state index in [2.05, 4.69) is 25.9 Å². The van der Waals surface area contributed by atoms with E-state index in [1.165, 1.54) is 24.2 Å². The van der Waals surface area contributed by atoms with Crippen molar-refractivity contribution in [2.24, 2.45) is 0 Å². The van der Waals surface area contributed by atoms with Crippen molar-refractivity contribution in [2.45, 2.75) is 9.92 Å². The molecule has 5 heteroatoms. The normalized spacial score (nSPS) is 10.3. The van der Waals surface area contributed by atoms with Crippen molar-refractivity contribution < 1.29 is 4.39 Å². The molecule has 1 heterocycles. The second kappa shape index (κ2) is 4.72. The minimum atomic E-state index is -0.512. The summed E-state index contributed by atoms with van der Waals surface area (Å²) in [5.41, 5.74) is 0. The smallest absolute Gasteiger partial charge is 0.217 e. The molecule has 1 aromatic heterocycles. The summed E-state index contributed by atoms with van der Waals surface area (Å²) in [5, 5.41) is 0.598. The van der Waals surface area contributed by atoms with E-state index >= 15 is 0 Å². The standard InChI is InChI=1S/C10H6BrFN2S/c11-7-2-1-3-8(4-7)15-10-5-9(12)13-6-14-10/h1-6H. The Labute approximate surface area is 99.1 Å². The van der Waals surface area contributed by atoms with E-state index in [-0.39, 0.29) is 0 Å². The zero-order valence-electron chi connectivity index (χ0n) is 7.52. The molecule has 2 nitrogen and oxygen atoms in total. The Morgan fingerprint density at radius 1 is 1.20 bits per heavy atom. The van der Waals surface area contributed by atoms with Crippen LogP contribution in [0.25, 0.3) is 0 Å². The van der Waals surface area contributed by atoms with Gasteiger partial charge in [-0.1, -0.05) is 33.8 Å². The van der Waals surface area contributed by atoms with Crippen LogP contribution in [-0.2, 0) is 0 Å². The summed E-state index contributed by atoms with van der Waals surface area (Å²) in [4.78, 5) is 8.36. The lowest BCUT2D eigenvalue weighted by Gasteiger charge is -2.00. The number of halogens is 2. The Kier molecular flexibility index (Phi) is 3.33. The molecule has 15 heavy (non-hydrogen) atoms. The molecule has 0 atom stereocenters. The van der Waals surface area contributed by atoms with E-state index in [0.29, 0.717) is 5.03 Å². The molecule has 0 unspecified atom stereocenters. The highest BCUT2D eigenvalue weighted by molar-refractivity contribution is 9.10. The van der Waals surface area contributed by atoms with Crippen LogP contribution in [0.15, 0.2) is 51.1 Å². The third-order valence-electron chi connectivity index (χ3n) is 1.63. The molecular formula is C10H6BrFN2S. The maximum atomic E-state index is 12.8. The molecular weight excluding hydrogens is 279 g/mol. The van der Waals surface area contributed by atoms with E-state index in [9.17, 15) is 4.39 Å². The summed E-state index contributed by atoms with van der Waals surface area (Å²) in [6, 6.07) is 9.06. The van der Waals surface area contributed by atoms with Gasteiger partial charge in [0.15, 0.2) is 0 Å². The fourth-order valence-corrected chi connectivity index (χ4v) is 2.41. The van der Waals surface area contributed by atoms with Crippen molar-refractivity contribution >= 4 is 27.7 Å². The molecule has 0 saturated carbocycles. The first-order valence-electron chi connectivity index (χ1n) is 4.15. The van der Waals surface area contributed by atoms with E-state index in [4.69, 9.17) is 0 Å². The Hall–Kier alpha value is -0.940. The van der Waals surface area contributed by atoms with Crippen LogP contribution in [0.3, 0.4) is 0 Å². The molecule has 76 valence electrons. The van der Waals surface area contributed by atoms with Crippen molar-refractivity contribution in [3.63, 3.8) is 0 Å². The molecule has 2 rings (SSSR count). The van der Waals surface area contributed by atoms with Gasteiger partial charge in [0, 0.05) is 15.4 Å². The molecule has 0 amide bonds. The number of benzene rings is 1. The average molecular weight is 285 g/mol. The third kappa shape index (κ3) is 3.00. The monoisotopic (exact) mass is 284 g/mol. The molecule has 0 N–H and O–H groups in total. The number of rotatable bonds is 2. The zero-order chi connectivity index (χ0) is 10.7. The summed E-state index contributed by atoms with van der Waals surface area (Å²) < 4.78 is 13.8. The quantitative estimate of drug-likeness (QED) is 0.789. The van der Waals surface area contributed by atoms with E-state index < -0.39 is 5.95 Å². The first kappa shape index (κ1) is 10.6. The maximum absolute atomic E-state index is 12.8. The van der Waals surface area contributed by atoms with Crippen LogP contribution in [-0.4, -0.2) is 9.97 Å². The molecule has 2 aromatic rings. The van der Waals surface area contributed by atoms with Gasteiger partial charge in [0.25, 0.3) is 0 Å². The lowest BCUT2D eigenvalue weighted by molar-refractivity contribution is 0.572. The van der Waals surface area contributed by atoms with E-state index in [0.717, 1.165) is 9.37 Å². The van der Waals surface area contributed by atoms with Crippen molar-refractivity contribution in [1.82, 2.24) is 9.97 Å². The highest BCUT2D eigenvalue weighted by Gasteiger charge is 2.01. The second-order valence-electron chi connectivity index (χ2n) is 2.74. The van der Waals surface area contributed by atoms with Gasteiger partial charge < -0.3 is 0 Å². The van der Waals surface area contributed by atoms with Gasteiger partial charge in [-0.3, -0.25) is 0 Å². The predicted octanol–water partition coefficient (Wildman–Crippen LogP) is 3.53. The molecule has 0 fully saturated rings. The number of nitrogens with zero attached hydrogens (tertiary/aromatic N) is 2. The number of hydrogen-bond acceptors (Lipinski definition) is 3. The lowest BCUT2D eigenvalue weighted by atomic mass is 10.4. The van der Waals surface area contributed by atoms with Crippen LogP contribution in [0.4, 0.5) is 4.39 Å². The van der Waals surface area contributed by atoms with Crippen LogP contribution in [0.1, 0.15) is 0 Å². The third-order valence-corrected chi connectivity index (χ3v) is 3.04. The predicted molar refractivity (Wildman–Crippen MR) is 60.3 cm³/mol. The molecule has 0 saturated heterocycles. The van der Waals surface area contributed by atoms with Gasteiger partial charge in [-0.15, -0.1) is 0 Å². The summed E-state index contributed by atoms with van der Waals surface area (Å²) >= 11 is 4.76. The first-order chi connectivity index (χ1) is 7.24. The Balaban J connectivity index is 2.22. The molecule has 1 aromatic carbocycles. The van der Waals surface area contributed by atoms with Crippen LogP contribution < -0.4 is 0 Å². The molecule has 0 bridgehead atoms. The molecule has 0 aliphatic carbocycles. The highest BCUT2D eigenvalue weighted by atomic mass is 79.9. The largest absolute Gasteiger partial charge is 0.229 e. The molecule has 0 radical (unpaired) electrons. The first-order valence-corrected chi connectivity index (χ1v) is 5.76. The summed E-state index contributed by atoms with van der Waals surface area (Å²) in [6.07, 6.45) is 1.22. The summed E-state index contributed by atoms with van der Waals surface area (Å²) in [5.74, 6) is -0.512. The summed E-state index contributed by atoms with van der Waals surface area (Å²) in [7, 11) is 0. The molecule has 0 aliphatic rings. The minimum absolute atomic E-state index is 0.512. The van der Waals surface area contributed by atoms with Gasteiger partial charge in [-0.2, -0.15) is 4.39 Å². The van der Waals surface area contributed by atoms with Crippen molar-refractivity contribution in [2.75, 3.05) is 0 Å². The van der Waals surface area contributed by atoms with Gasteiger partial charge >= 0.3 is 0 Å². The number of hydrogen-bond donors (Lipinski definition) is 0. The fraction of sp³-hybridized carbons (Fsp3) is 0. The van der Waals surface area contributed by atoms with Crippen molar-refractivity contribution in [3.8, 4) is 0 Å². The minimum Gasteiger partial charge on any atom is -0.229 e. The SMILES string of the molecule is Fc1cc(Sc2cccc(Br)c2)ncn1. The van der Waals surface area contributed by atoms with Crippen LogP contribution in [0, 0.1) is 5.95 Å². The van der Waals surface area contributed by atoms with Crippen LogP contribution in [0.2, 0.25) is 0 Å². The summed E-state index contributed by atoms with van der Waals surface area (Å²) in [6.45, 7) is 0.